The summed E-state index contributed by atoms with van der Waals surface area (Å²) < 4.78 is 5.55. The molecule has 16 heavy (non-hydrogen) atoms. The van der Waals surface area contributed by atoms with E-state index in [4.69, 9.17) is 16.3 Å². The van der Waals surface area contributed by atoms with Crippen LogP contribution in [-0.2, 0) is 10.1 Å². The maximum atomic E-state index is 6.06. The maximum absolute atomic E-state index is 6.06. The second-order valence-corrected chi connectivity index (χ2v) is 5.03. The lowest BCUT2D eigenvalue weighted by Crippen LogP contribution is -2.41. The molecule has 88 valence electrons. The molecule has 1 saturated heterocycles. The van der Waals surface area contributed by atoms with Crippen LogP contribution in [0.5, 0.6) is 0 Å². The highest BCUT2D eigenvalue weighted by atomic mass is 79.9. The minimum Gasteiger partial charge on any atom is -0.375 e. The zero-order valence-corrected chi connectivity index (χ0v) is 11.6. The molecule has 0 aromatic heterocycles. The number of ether oxygens (including phenoxy) is 1. The van der Waals surface area contributed by atoms with E-state index in [9.17, 15) is 0 Å². The van der Waals surface area contributed by atoms with Gasteiger partial charge in [-0.1, -0.05) is 33.6 Å². The first kappa shape index (κ1) is 12.2. The van der Waals surface area contributed by atoms with Gasteiger partial charge in [0.05, 0.1) is 12.7 Å². The maximum Gasteiger partial charge on any atom is 0.0722 e. The molecular formula is C12H15BrClNO. The zero-order chi connectivity index (χ0) is 11.5. The summed E-state index contributed by atoms with van der Waals surface area (Å²) in [6, 6.07) is 6.05. The minimum absolute atomic E-state index is 0.288. The lowest BCUT2D eigenvalue weighted by molar-refractivity contribution is 0.0532. The molecule has 1 heterocycles. The Morgan fingerprint density at radius 2 is 2.38 bits per heavy atom. The molecule has 0 bridgehead atoms. The minimum atomic E-state index is 0.288. The Morgan fingerprint density at radius 3 is 3.06 bits per heavy atom. The molecule has 1 atom stereocenters. The van der Waals surface area contributed by atoms with Crippen LogP contribution in [0, 0.1) is 0 Å². The normalized spacial score (nSPS) is 21.2. The number of hydrogen-bond acceptors (Lipinski definition) is 2. The van der Waals surface area contributed by atoms with Crippen molar-refractivity contribution in [3.05, 3.63) is 28.8 Å². The number of hydrogen-bond donors (Lipinski definition) is 0. The summed E-state index contributed by atoms with van der Waals surface area (Å²) in [5, 5.41) is 1.64. The molecule has 1 aromatic rings. The van der Waals surface area contributed by atoms with Gasteiger partial charge in [0.15, 0.2) is 0 Å². The van der Waals surface area contributed by atoms with Gasteiger partial charge in [0, 0.05) is 29.1 Å². The van der Waals surface area contributed by atoms with Crippen LogP contribution in [0.15, 0.2) is 18.2 Å². The first-order valence-corrected chi connectivity index (χ1v) is 6.91. The smallest absolute Gasteiger partial charge is 0.0722 e. The van der Waals surface area contributed by atoms with Crippen molar-refractivity contribution in [2.45, 2.75) is 18.4 Å². The van der Waals surface area contributed by atoms with Gasteiger partial charge < -0.3 is 9.64 Å². The Labute approximate surface area is 110 Å². The van der Waals surface area contributed by atoms with Crippen molar-refractivity contribution < 1.29 is 4.74 Å². The largest absolute Gasteiger partial charge is 0.375 e. The first-order valence-electron chi connectivity index (χ1n) is 5.41. The fraction of sp³-hybridized carbons (Fsp3) is 0.500. The van der Waals surface area contributed by atoms with Gasteiger partial charge in [0.1, 0.15) is 0 Å². The Kier molecular flexibility index (Phi) is 4.11. The molecule has 0 saturated carbocycles. The molecule has 0 spiro atoms. The fourth-order valence-corrected chi connectivity index (χ4v) is 2.62. The van der Waals surface area contributed by atoms with Gasteiger partial charge in [-0.05, 0) is 24.6 Å². The highest BCUT2D eigenvalue weighted by Gasteiger charge is 2.19. The average Bonchev–Trinajstić information content (AvgIpc) is 2.29. The lowest BCUT2D eigenvalue weighted by Gasteiger charge is -2.34. The van der Waals surface area contributed by atoms with Gasteiger partial charge >= 0.3 is 0 Å². The van der Waals surface area contributed by atoms with Crippen LogP contribution in [0.3, 0.4) is 0 Å². The number of morpholine rings is 1. The van der Waals surface area contributed by atoms with E-state index in [1.807, 2.05) is 12.1 Å². The number of halogens is 2. The molecule has 0 N–H and O–H groups in total. The monoisotopic (exact) mass is 303 g/mol. The van der Waals surface area contributed by atoms with E-state index in [0.29, 0.717) is 0 Å². The summed E-state index contributed by atoms with van der Waals surface area (Å²) in [5.41, 5.74) is 2.50. The van der Waals surface area contributed by atoms with Gasteiger partial charge in [0.2, 0.25) is 0 Å². The number of anilines is 1. The van der Waals surface area contributed by atoms with Crippen molar-refractivity contribution in [1.82, 2.24) is 0 Å². The van der Waals surface area contributed by atoms with Crippen molar-refractivity contribution >= 4 is 33.2 Å². The molecule has 1 aliphatic rings. The predicted octanol–water partition coefficient (Wildman–Crippen LogP) is 3.46. The van der Waals surface area contributed by atoms with Crippen LogP contribution in [0.25, 0.3) is 0 Å². The van der Waals surface area contributed by atoms with Crippen molar-refractivity contribution in [1.29, 1.82) is 0 Å². The third kappa shape index (κ3) is 2.70. The molecular weight excluding hydrogens is 289 g/mol. The highest BCUT2D eigenvalue weighted by molar-refractivity contribution is 9.08. The zero-order valence-electron chi connectivity index (χ0n) is 9.25. The van der Waals surface area contributed by atoms with E-state index in [2.05, 4.69) is 33.8 Å². The van der Waals surface area contributed by atoms with Crippen molar-refractivity contribution in [3.63, 3.8) is 0 Å². The van der Waals surface area contributed by atoms with E-state index < -0.39 is 0 Å². The number of benzene rings is 1. The summed E-state index contributed by atoms with van der Waals surface area (Å²) in [6.07, 6.45) is 0.288. The Hall–Kier alpha value is -0.250. The van der Waals surface area contributed by atoms with E-state index in [-0.39, 0.29) is 6.10 Å². The van der Waals surface area contributed by atoms with Crippen LogP contribution in [0.1, 0.15) is 12.5 Å². The lowest BCUT2D eigenvalue weighted by atomic mass is 10.1. The summed E-state index contributed by atoms with van der Waals surface area (Å²) >= 11 is 9.57. The average molecular weight is 305 g/mol. The van der Waals surface area contributed by atoms with Gasteiger partial charge in [-0.2, -0.15) is 0 Å². The van der Waals surface area contributed by atoms with Gasteiger partial charge in [-0.15, -0.1) is 0 Å². The van der Waals surface area contributed by atoms with Crippen LogP contribution in [-0.4, -0.2) is 25.8 Å². The molecule has 0 amide bonds. The number of alkyl halides is 1. The van der Waals surface area contributed by atoms with Crippen LogP contribution in [0.4, 0.5) is 5.69 Å². The summed E-state index contributed by atoms with van der Waals surface area (Å²) in [6.45, 7) is 4.75. The number of rotatable bonds is 2. The number of nitrogens with zero attached hydrogens (tertiary/aromatic N) is 1. The van der Waals surface area contributed by atoms with Gasteiger partial charge in [-0.3, -0.25) is 0 Å². The first-order chi connectivity index (χ1) is 7.70. The second kappa shape index (κ2) is 5.39. The molecule has 1 unspecified atom stereocenters. The SMILES string of the molecule is CC1CN(c2cc(Cl)ccc2CBr)CCO1. The summed E-state index contributed by atoms with van der Waals surface area (Å²) in [7, 11) is 0. The topological polar surface area (TPSA) is 12.5 Å². The van der Waals surface area contributed by atoms with Crippen molar-refractivity contribution in [2.24, 2.45) is 0 Å². The quantitative estimate of drug-likeness (QED) is 0.776. The molecule has 4 heteroatoms. The predicted molar refractivity (Wildman–Crippen MR) is 71.7 cm³/mol. The summed E-state index contributed by atoms with van der Waals surface area (Å²) in [5.74, 6) is 0. The van der Waals surface area contributed by atoms with Crippen molar-refractivity contribution in [2.75, 3.05) is 24.6 Å². The van der Waals surface area contributed by atoms with Gasteiger partial charge in [0.25, 0.3) is 0 Å². The third-order valence-corrected chi connectivity index (χ3v) is 3.61. The van der Waals surface area contributed by atoms with Crippen LogP contribution < -0.4 is 4.90 Å². The second-order valence-electron chi connectivity index (χ2n) is 4.03. The molecule has 0 radical (unpaired) electrons. The Morgan fingerprint density at radius 1 is 1.56 bits per heavy atom. The van der Waals surface area contributed by atoms with E-state index in [0.717, 1.165) is 30.0 Å². The van der Waals surface area contributed by atoms with E-state index in [1.54, 1.807) is 0 Å². The molecule has 1 fully saturated rings. The molecule has 0 aliphatic carbocycles. The highest BCUT2D eigenvalue weighted by Crippen LogP contribution is 2.28. The fourth-order valence-electron chi connectivity index (χ4n) is 1.98. The van der Waals surface area contributed by atoms with Crippen molar-refractivity contribution in [3.8, 4) is 0 Å². The standard InChI is InChI=1S/C12H15BrClNO/c1-9-8-15(4-5-16-9)12-6-11(14)3-2-10(12)7-13/h2-3,6,9H,4-5,7-8H2,1H3. The Balaban J connectivity index is 2.26. The molecule has 2 nitrogen and oxygen atoms in total. The molecule has 1 aromatic carbocycles. The van der Waals surface area contributed by atoms with E-state index in [1.165, 1.54) is 11.3 Å². The van der Waals surface area contributed by atoms with Crippen LogP contribution in [0.2, 0.25) is 5.02 Å². The molecule has 1 aliphatic heterocycles. The summed E-state index contributed by atoms with van der Waals surface area (Å²) in [4.78, 5) is 2.34. The van der Waals surface area contributed by atoms with Crippen LogP contribution >= 0.6 is 27.5 Å². The Bertz CT molecular complexity index is 372. The van der Waals surface area contributed by atoms with E-state index >= 15 is 0 Å². The van der Waals surface area contributed by atoms with Gasteiger partial charge in [-0.25, -0.2) is 0 Å². The third-order valence-electron chi connectivity index (χ3n) is 2.77. The molecule has 2 rings (SSSR count).